The summed E-state index contributed by atoms with van der Waals surface area (Å²) >= 11 is 12.0. The number of nitrogens with one attached hydrogen (secondary N) is 1. The number of anilines is 1. The number of amides is 1. The molecule has 9 rings (SSSR count). The lowest BCUT2D eigenvalue weighted by Crippen LogP contribution is -2.65. The molecule has 3 fully saturated rings. The van der Waals surface area contributed by atoms with Crippen LogP contribution >= 0.6 is 46.0 Å². The molecule has 1 N–H and O–H groups in total. The summed E-state index contributed by atoms with van der Waals surface area (Å²) in [5, 5.41) is 7.99. The molecule has 2 aromatic heterocycles. The van der Waals surface area contributed by atoms with Crippen molar-refractivity contribution < 1.29 is 9.59 Å². The van der Waals surface area contributed by atoms with Crippen molar-refractivity contribution in [3.63, 3.8) is 0 Å². The van der Waals surface area contributed by atoms with E-state index >= 15 is 9.59 Å². The molecular weight excluding hydrogens is 674 g/mol. The molecular formula is C39H32ClN3O2S3. The van der Waals surface area contributed by atoms with E-state index < -0.39 is 11.0 Å². The van der Waals surface area contributed by atoms with Crippen molar-refractivity contribution in [1.29, 1.82) is 0 Å². The Kier molecular flexibility index (Phi) is 7.35. The van der Waals surface area contributed by atoms with Crippen molar-refractivity contribution in [2.45, 2.75) is 17.5 Å². The number of hydrogen-bond donors (Lipinski definition) is 1. The predicted molar refractivity (Wildman–Crippen MR) is 200 cm³/mol. The second-order valence-electron chi connectivity index (χ2n) is 13.1. The summed E-state index contributed by atoms with van der Waals surface area (Å²) in [7, 11) is 2.09. The Morgan fingerprint density at radius 3 is 2.40 bits per heavy atom. The van der Waals surface area contributed by atoms with Gasteiger partial charge in [0.1, 0.15) is 5.54 Å². The molecule has 1 amide bonds. The minimum Gasteiger partial charge on any atom is -0.324 e. The van der Waals surface area contributed by atoms with Gasteiger partial charge in [-0.1, -0.05) is 72.3 Å². The number of halogens is 1. The van der Waals surface area contributed by atoms with Gasteiger partial charge < -0.3 is 10.2 Å². The monoisotopic (exact) mass is 705 g/mol. The average molecular weight is 706 g/mol. The summed E-state index contributed by atoms with van der Waals surface area (Å²) in [6.45, 7) is 0.939. The SMILES string of the molecule is CN1C/C(=C\c2ccccc2-c2cccs2)C(=O)[C@]2(C1)[C@H](c1ccccc1-c1cccs1)[C@@H]1CSCN1[C@@]21C(=O)Nc2ccc(Cl)cc21. The maximum absolute atomic E-state index is 16.0. The van der Waals surface area contributed by atoms with Crippen LogP contribution in [0.1, 0.15) is 22.6 Å². The third-order valence-electron chi connectivity index (χ3n) is 10.7. The number of Topliss-reactive ketones (excluding diaryl/α,β-unsaturated/α-hetero) is 1. The number of carbonyl (C=O) groups excluding carboxylic acids is 2. The number of thiophene rings is 2. The number of likely N-dealkylation sites (N-methyl/N-ethyl adjacent to an activating group) is 1. The van der Waals surface area contributed by atoms with E-state index in [0.29, 0.717) is 24.0 Å². The van der Waals surface area contributed by atoms with E-state index in [1.165, 1.54) is 0 Å². The zero-order chi connectivity index (χ0) is 32.6. The third-order valence-corrected chi connectivity index (χ3v) is 13.8. The van der Waals surface area contributed by atoms with Crippen molar-refractivity contribution in [3.05, 3.63) is 129 Å². The lowest BCUT2D eigenvalue weighted by molar-refractivity contribution is -0.146. The maximum atomic E-state index is 16.0. The summed E-state index contributed by atoms with van der Waals surface area (Å²) in [6.07, 6.45) is 2.09. The fourth-order valence-corrected chi connectivity index (χ4v) is 12.1. The van der Waals surface area contributed by atoms with Crippen LogP contribution in [-0.4, -0.2) is 59.3 Å². The lowest BCUT2D eigenvalue weighted by atomic mass is 9.55. The van der Waals surface area contributed by atoms with E-state index in [-0.39, 0.29) is 23.7 Å². The second-order valence-corrected chi connectivity index (χ2v) is 16.5. The molecule has 9 heteroatoms. The number of benzene rings is 3. The van der Waals surface area contributed by atoms with E-state index in [4.69, 9.17) is 11.6 Å². The Balaban J connectivity index is 1.34. The van der Waals surface area contributed by atoms with Gasteiger partial charge in [0.2, 0.25) is 0 Å². The molecule has 0 bridgehead atoms. The molecule has 4 aliphatic heterocycles. The Bertz CT molecular complexity index is 2110. The minimum absolute atomic E-state index is 0.0399. The van der Waals surface area contributed by atoms with Crippen molar-refractivity contribution in [2.24, 2.45) is 5.41 Å². The molecule has 48 heavy (non-hydrogen) atoms. The van der Waals surface area contributed by atoms with Gasteiger partial charge in [0.25, 0.3) is 5.91 Å². The standard InChI is InChI=1S/C39H32ClN3O2S3/c1-42-20-25(18-24-8-2-3-9-27(24)33-12-6-16-47-33)36(44)38(22-42)35(29-11-5-4-10-28(29)34-13-7-17-48-34)32-21-46-23-43(32)39(38)30-19-26(40)14-15-31(30)41-37(39)45/h2-19,32,35H,20-23H2,1H3,(H,41,45)/b25-18+/t32-,35+,38-,39-/m0/s1. The van der Waals surface area contributed by atoms with Crippen molar-refractivity contribution in [3.8, 4) is 20.9 Å². The summed E-state index contributed by atoms with van der Waals surface area (Å²) in [5.41, 5.74) is 4.25. The zero-order valence-corrected chi connectivity index (χ0v) is 29.4. The zero-order valence-electron chi connectivity index (χ0n) is 26.2. The Hall–Kier alpha value is -3.50. The first-order valence-corrected chi connectivity index (χ1v) is 19.4. The number of piperidine rings is 1. The van der Waals surface area contributed by atoms with Crippen LogP contribution in [0.5, 0.6) is 0 Å². The first-order valence-electron chi connectivity index (χ1n) is 16.1. The molecule has 5 aromatic rings. The molecule has 2 spiro atoms. The molecule has 6 heterocycles. The number of likely N-dealkylation sites (tertiary alicyclic amines) is 1. The largest absolute Gasteiger partial charge is 0.324 e. The van der Waals surface area contributed by atoms with Gasteiger partial charge in [-0.15, -0.1) is 34.4 Å². The van der Waals surface area contributed by atoms with Crippen LogP contribution in [0.4, 0.5) is 5.69 Å². The van der Waals surface area contributed by atoms with Crippen LogP contribution in [0, 0.1) is 5.41 Å². The molecule has 0 radical (unpaired) electrons. The number of thioether (sulfide) groups is 1. The smallest absolute Gasteiger partial charge is 0.250 e. The van der Waals surface area contributed by atoms with E-state index in [0.717, 1.165) is 54.6 Å². The topological polar surface area (TPSA) is 52.7 Å². The Morgan fingerprint density at radius 1 is 0.896 bits per heavy atom. The quantitative estimate of drug-likeness (QED) is 0.190. The van der Waals surface area contributed by atoms with Crippen LogP contribution < -0.4 is 5.32 Å². The molecule has 4 atom stereocenters. The first-order chi connectivity index (χ1) is 23.4. The minimum atomic E-state index is -1.24. The predicted octanol–water partition coefficient (Wildman–Crippen LogP) is 8.70. The highest BCUT2D eigenvalue weighted by Crippen LogP contribution is 2.69. The van der Waals surface area contributed by atoms with Gasteiger partial charge in [0.05, 0.1) is 5.41 Å². The normalized spacial score (nSPS) is 27.7. The highest BCUT2D eigenvalue weighted by atomic mass is 35.5. The lowest BCUT2D eigenvalue weighted by Gasteiger charge is -2.51. The van der Waals surface area contributed by atoms with Gasteiger partial charge in [0, 0.05) is 68.3 Å². The van der Waals surface area contributed by atoms with E-state index in [1.807, 2.05) is 42.1 Å². The van der Waals surface area contributed by atoms with Crippen LogP contribution in [0.25, 0.3) is 27.0 Å². The number of rotatable bonds is 4. The van der Waals surface area contributed by atoms with E-state index in [9.17, 15) is 0 Å². The van der Waals surface area contributed by atoms with Crippen molar-refractivity contribution in [1.82, 2.24) is 9.80 Å². The second kappa shape index (κ2) is 11.5. The van der Waals surface area contributed by atoms with Gasteiger partial charge in [0.15, 0.2) is 5.78 Å². The van der Waals surface area contributed by atoms with Crippen LogP contribution in [0.3, 0.4) is 0 Å². The third kappa shape index (κ3) is 4.23. The number of ketones is 1. The van der Waals surface area contributed by atoms with Gasteiger partial charge >= 0.3 is 0 Å². The first kappa shape index (κ1) is 30.6. The molecule has 240 valence electrons. The van der Waals surface area contributed by atoms with Crippen LogP contribution in [-0.2, 0) is 15.1 Å². The summed E-state index contributed by atoms with van der Waals surface area (Å²) in [4.78, 5) is 37.9. The Morgan fingerprint density at radius 2 is 1.62 bits per heavy atom. The van der Waals surface area contributed by atoms with E-state index in [2.05, 4.69) is 99.7 Å². The molecule has 3 saturated heterocycles. The maximum Gasteiger partial charge on any atom is 0.250 e. The molecule has 4 aliphatic rings. The number of carbonyl (C=O) groups is 2. The van der Waals surface area contributed by atoms with Crippen LogP contribution in [0.2, 0.25) is 5.02 Å². The molecule has 0 saturated carbocycles. The average Bonchev–Trinajstić information content (AvgIpc) is 3.93. The highest BCUT2D eigenvalue weighted by molar-refractivity contribution is 7.99. The summed E-state index contributed by atoms with van der Waals surface area (Å²) in [5.74, 6) is 1.14. The van der Waals surface area contributed by atoms with Crippen molar-refractivity contribution >= 4 is 69.5 Å². The number of nitrogens with zero attached hydrogens (tertiary/aromatic N) is 2. The Labute approximate surface area is 297 Å². The van der Waals surface area contributed by atoms with Crippen LogP contribution in [0.15, 0.2) is 107 Å². The molecule has 0 unspecified atom stereocenters. The molecule has 0 aliphatic carbocycles. The number of hydrogen-bond acceptors (Lipinski definition) is 7. The summed E-state index contributed by atoms with van der Waals surface area (Å²) < 4.78 is 0. The van der Waals surface area contributed by atoms with Gasteiger partial charge in [-0.05, 0) is 76.5 Å². The fraction of sp³-hybridized carbons (Fsp3) is 0.231. The fourth-order valence-electron chi connectivity index (χ4n) is 9.07. The van der Waals surface area contributed by atoms with Gasteiger partial charge in [-0.25, -0.2) is 0 Å². The van der Waals surface area contributed by atoms with Crippen molar-refractivity contribution in [2.75, 3.05) is 37.1 Å². The number of fused-ring (bicyclic) bond motifs is 5. The van der Waals surface area contributed by atoms with Gasteiger partial charge in [-0.3, -0.25) is 14.5 Å². The summed E-state index contributed by atoms with van der Waals surface area (Å²) in [6, 6.07) is 30.9. The van der Waals surface area contributed by atoms with E-state index in [1.54, 1.807) is 22.7 Å². The van der Waals surface area contributed by atoms with Gasteiger partial charge in [-0.2, -0.15) is 0 Å². The highest BCUT2D eigenvalue weighted by Gasteiger charge is 2.78. The molecule has 3 aromatic carbocycles. The molecule has 5 nitrogen and oxygen atoms in total.